The topological polar surface area (TPSA) is 52.6 Å². The van der Waals surface area contributed by atoms with Crippen LogP contribution in [0.1, 0.15) is 5.56 Å². The third kappa shape index (κ3) is 2.23. The highest BCUT2D eigenvalue weighted by molar-refractivity contribution is 9.10. The van der Waals surface area contributed by atoms with Gasteiger partial charge in [-0.25, -0.2) is 4.79 Å². The van der Waals surface area contributed by atoms with Crippen LogP contribution in [0.25, 0.3) is 0 Å². The highest BCUT2D eigenvalue weighted by atomic mass is 79.9. The van der Waals surface area contributed by atoms with E-state index < -0.39 is 6.09 Å². The number of halogens is 1. The summed E-state index contributed by atoms with van der Waals surface area (Å²) in [6, 6.07) is 5.86. The first-order chi connectivity index (χ1) is 7.16. The second-order valence-electron chi connectivity index (χ2n) is 3.43. The van der Waals surface area contributed by atoms with E-state index in [1.54, 1.807) is 0 Å². The third-order valence-electron chi connectivity index (χ3n) is 2.40. The average Bonchev–Trinajstić information content (AvgIpc) is 2.39. The van der Waals surface area contributed by atoms with E-state index in [2.05, 4.69) is 21.2 Å². The normalized spacial score (nSPS) is 15.1. The minimum atomic E-state index is -0.871. The Labute approximate surface area is 96.0 Å². The molecule has 5 heteroatoms. The molecule has 0 aliphatic carbocycles. The van der Waals surface area contributed by atoms with Gasteiger partial charge in [0, 0.05) is 23.2 Å². The van der Waals surface area contributed by atoms with Gasteiger partial charge in [-0.2, -0.15) is 0 Å². The Morgan fingerprint density at radius 1 is 1.53 bits per heavy atom. The zero-order valence-electron chi connectivity index (χ0n) is 8.03. The predicted molar refractivity (Wildman–Crippen MR) is 61.1 cm³/mol. The number of hydrogen-bond acceptors (Lipinski definition) is 2. The minimum Gasteiger partial charge on any atom is -0.465 e. The van der Waals surface area contributed by atoms with Crippen molar-refractivity contribution in [2.24, 2.45) is 0 Å². The predicted octanol–water partition coefficient (Wildman–Crippen LogP) is 2.35. The van der Waals surface area contributed by atoms with Gasteiger partial charge in [0.1, 0.15) is 0 Å². The van der Waals surface area contributed by atoms with Crippen LogP contribution >= 0.6 is 15.9 Å². The first-order valence-electron chi connectivity index (χ1n) is 4.67. The van der Waals surface area contributed by atoms with Gasteiger partial charge in [-0.05, 0) is 23.8 Å². The summed E-state index contributed by atoms with van der Waals surface area (Å²) in [7, 11) is 0. The van der Waals surface area contributed by atoms with E-state index in [0.29, 0.717) is 19.6 Å². The molecule has 4 nitrogen and oxygen atoms in total. The first-order valence-corrected chi connectivity index (χ1v) is 5.46. The molecule has 0 radical (unpaired) electrons. The quantitative estimate of drug-likeness (QED) is 0.761. The van der Waals surface area contributed by atoms with Gasteiger partial charge in [-0.15, -0.1) is 0 Å². The number of rotatable bonds is 0. The maximum absolute atomic E-state index is 10.9. The van der Waals surface area contributed by atoms with Crippen LogP contribution in [-0.2, 0) is 6.54 Å². The summed E-state index contributed by atoms with van der Waals surface area (Å²) in [5.41, 5.74) is 2.02. The van der Waals surface area contributed by atoms with Gasteiger partial charge in [0.25, 0.3) is 0 Å². The standard InChI is InChI=1S/C10H11BrN2O2/c11-8-1-2-9-7(5-8)6-13(10(14)15)4-3-12-9/h1-2,5,12H,3-4,6H2,(H,14,15). The van der Waals surface area contributed by atoms with Gasteiger partial charge < -0.3 is 15.3 Å². The Morgan fingerprint density at radius 3 is 3.07 bits per heavy atom. The SMILES string of the molecule is O=C(O)N1CCNc2ccc(Br)cc2C1. The van der Waals surface area contributed by atoms with Crippen LogP contribution in [-0.4, -0.2) is 29.2 Å². The number of fused-ring (bicyclic) bond motifs is 1. The van der Waals surface area contributed by atoms with Gasteiger partial charge in [0.2, 0.25) is 0 Å². The van der Waals surface area contributed by atoms with Crippen LogP contribution in [0.4, 0.5) is 10.5 Å². The van der Waals surface area contributed by atoms with Crippen LogP contribution in [0.15, 0.2) is 22.7 Å². The number of carboxylic acid groups (broad SMARTS) is 1. The molecule has 0 saturated carbocycles. The number of amides is 1. The third-order valence-corrected chi connectivity index (χ3v) is 2.89. The number of anilines is 1. The molecule has 1 amide bonds. The zero-order valence-corrected chi connectivity index (χ0v) is 9.62. The minimum absolute atomic E-state index is 0.442. The molecule has 80 valence electrons. The van der Waals surface area contributed by atoms with Gasteiger partial charge in [-0.3, -0.25) is 0 Å². The van der Waals surface area contributed by atoms with E-state index in [4.69, 9.17) is 5.11 Å². The molecule has 0 bridgehead atoms. The Balaban J connectivity index is 2.31. The summed E-state index contributed by atoms with van der Waals surface area (Å²) in [6.07, 6.45) is -0.871. The maximum atomic E-state index is 10.9. The Morgan fingerprint density at radius 2 is 2.33 bits per heavy atom. The highest BCUT2D eigenvalue weighted by Gasteiger charge is 2.17. The Hall–Kier alpha value is -1.23. The summed E-state index contributed by atoms with van der Waals surface area (Å²) in [5, 5.41) is 12.2. The number of benzene rings is 1. The van der Waals surface area contributed by atoms with E-state index >= 15 is 0 Å². The molecule has 0 fully saturated rings. The molecule has 2 rings (SSSR count). The molecule has 0 unspecified atom stereocenters. The number of hydrogen-bond donors (Lipinski definition) is 2. The first kappa shape index (κ1) is 10.3. The fourth-order valence-corrected chi connectivity index (χ4v) is 2.05. The molecule has 1 aliphatic heterocycles. The fourth-order valence-electron chi connectivity index (χ4n) is 1.64. The zero-order chi connectivity index (χ0) is 10.8. The molecule has 1 aromatic carbocycles. The van der Waals surface area contributed by atoms with Crippen molar-refractivity contribution in [1.82, 2.24) is 4.90 Å². The van der Waals surface area contributed by atoms with Gasteiger partial charge in [0.15, 0.2) is 0 Å². The molecular formula is C10H11BrN2O2. The second-order valence-corrected chi connectivity index (χ2v) is 4.35. The largest absolute Gasteiger partial charge is 0.465 e. The number of nitrogens with one attached hydrogen (secondary N) is 1. The van der Waals surface area contributed by atoms with Gasteiger partial charge >= 0.3 is 6.09 Å². The molecule has 1 aromatic rings. The van der Waals surface area contributed by atoms with Crippen molar-refractivity contribution >= 4 is 27.7 Å². The summed E-state index contributed by atoms with van der Waals surface area (Å²) >= 11 is 3.38. The highest BCUT2D eigenvalue weighted by Crippen LogP contribution is 2.24. The van der Waals surface area contributed by atoms with Crippen LogP contribution in [0.5, 0.6) is 0 Å². The molecule has 0 aromatic heterocycles. The van der Waals surface area contributed by atoms with Crippen LogP contribution in [0, 0.1) is 0 Å². The van der Waals surface area contributed by atoms with Gasteiger partial charge in [-0.1, -0.05) is 15.9 Å². The van der Waals surface area contributed by atoms with Crippen molar-refractivity contribution in [1.29, 1.82) is 0 Å². The fraction of sp³-hybridized carbons (Fsp3) is 0.300. The number of nitrogens with zero attached hydrogens (tertiary/aromatic N) is 1. The lowest BCUT2D eigenvalue weighted by Gasteiger charge is -2.15. The van der Waals surface area contributed by atoms with Crippen LogP contribution < -0.4 is 5.32 Å². The van der Waals surface area contributed by atoms with Crippen molar-refractivity contribution in [3.8, 4) is 0 Å². The average molecular weight is 271 g/mol. The van der Waals surface area contributed by atoms with Crippen LogP contribution in [0.2, 0.25) is 0 Å². The van der Waals surface area contributed by atoms with Crippen molar-refractivity contribution in [2.45, 2.75) is 6.54 Å². The lowest BCUT2D eigenvalue weighted by atomic mass is 10.2. The van der Waals surface area contributed by atoms with Crippen molar-refractivity contribution in [3.05, 3.63) is 28.2 Å². The van der Waals surface area contributed by atoms with E-state index in [-0.39, 0.29) is 0 Å². The lowest BCUT2D eigenvalue weighted by Crippen LogP contribution is -2.31. The number of carbonyl (C=O) groups is 1. The molecule has 1 heterocycles. The second kappa shape index (κ2) is 4.10. The lowest BCUT2D eigenvalue weighted by molar-refractivity contribution is 0.145. The van der Waals surface area contributed by atoms with Crippen LogP contribution in [0.3, 0.4) is 0 Å². The summed E-state index contributed by atoms with van der Waals surface area (Å²) in [4.78, 5) is 12.3. The van der Waals surface area contributed by atoms with E-state index in [1.165, 1.54) is 4.90 Å². The van der Waals surface area contributed by atoms with Gasteiger partial charge in [0.05, 0.1) is 6.54 Å². The summed E-state index contributed by atoms with van der Waals surface area (Å²) in [5.74, 6) is 0. The van der Waals surface area contributed by atoms with E-state index in [9.17, 15) is 4.79 Å². The molecule has 0 spiro atoms. The van der Waals surface area contributed by atoms with Crippen molar-refractivity contribution in [3.63, 3.8) is 0 Å². The Bertz CT molecular complexity index is 395. The maximum Gasteiger partial charge on any atom is 0.407 e. The molecule has 0 atom stereocenters. The monoisotopic (exact) mass is 270 g/mol. The summed E-state index contributed by atoms with van der Waals surface area (Å²) in [6.45, 7) is 1.61. The summed E-state index contributed by atoms with van der Waals surface area (Å²) < 4.78 is 0.968. The van der Waals surface area contributed by atoms with Crippen molar-refractivity contribution < 1.29 is 9.90 Å². The van der Waals surface area contributed by atoms with E-state index in [1.807, 2.05) is 18.2 Å². The molecule has 1 aliphatic rings. The molecule has 2 N–H and O–H groups in total. The van der Waals surface area contributed by atoms with Crippen molar-refractivity contribution in [2.75, 3.05) is 18.4 Å². The molecule has 0 saturated heterocycles. The smallest absolute Gasteiger partial charge is 0.407 e. The molecular weight excluding hydrogens is 260 g/mol. The van der Waals surface area contributed by atoms with E-state index in [0.717, 1.165) is 15.7 Å². The Kier molecular flexibility index (Phi) is 2.81. The molecule has 15 heavy (non-hydrogen) atoms.